The van der Waals surface area contributed by atoms with Gasteiger partial charge in [0.05, 0.1) is 0 Å². The second-order valence-corrected chi connectivity index (χ2v) is 5.97. The molecule has 0 aromatic heterocycles. The van der Waals surface area contributed by atoms with Crippen LogP contribution in [0.15, 0.2) is 0 Å². The predicted octanol–water partition coefficient (Wildman–Crippen LogP) is 3.57. The van der Waals surface area contributed by atoms with E-state index in [0.29, 0.717) is 6.42 Å². The topological polar surface area (TPSA) is 15.3 Å². The molecule has 1 atom stereocenters. The van der Waals surface area contributed by atoms with Crippen molar-refractivity contribution in [2.75, 3.05) is 19.6 Å². The molecule has 0 aliphatic carbocycles. The average molecular weight is 280 g/mol. The Morgan fingerprint density at radius 1 is 1.16 bits per heavy atom. The number of rotatable bonds is 7. The summed E-state index contributed by atoms with van der Waals surface area (Å²) in [4.78, 5) is 2.41. The molecule has 5 heteroatoms. The number of likely N-dealkylation sites (N-methyl/N-ethyl adjacent to an activating group) is 1. The van der Waals surface area contributed by atoms with Crippen LogP contribution in [-0.2, 0) is 0 Å². The highest BCUT2D eigenvalue weighted by atomic mass is 19.4. The van der Waals surface area contributed by atoms with Gasteiger partial charge in [-0.1, -0.05) is 6.92 Å². The maximum Gasteiger partial charge on any atom is 0.389 e. The van der Waals surface area contributed by atoms with E-state index < -0.39 is 12.6 Å². The van der Waals surface area contributed by atoms with Crippen LogP contribution in [0.4, 0.5) is 13.2 Å². The van der Waals surface area contributed by atoms with Gasteiger partial charge in [0.15, 0.2) is 0 Å². The maximum atomic E-state index is 12.3. The molecule has 0 aromatic carbocycles. The summed E-state index contributed by atoms with van der Waals surface area (Å²) in [6.07, 6.45) is -1.52. The normalized spacial score (nSPS) is 19.9. The highest BCUT2D eigenvalue weighted by Crippen LogP contribution is 2.29. The Morgan fingerprint density at radius 2 is 1.74 bits per heavy atom. The lowest BCUT2D eigenvalue weighted by atomic mass is 9.88. The zero-order chi connectivity index (χ0) is 14.5. The Bertz CT molecular complexity index is 258. The van der Waals surface area contributed by atoms with E-state index in [1.54, 1.807) is 0 Å². The van der Waals surface area contributed by atoms with E-state index in [1.165, 1.54) is 12.8 Å². The van der Waals surface area contributed by atoms with Crippen molar-refractivity contribution < 1.29 is 13.2 Å². The van der Waals surface area contributed by atoms with Crippen LogP contribution in [0.5, 0.6) is 0 Å². The first kappa shape index (κ1) is 16.8. The largest absolute Gasteiger partial charge is 0.389 e. The SMILES string of the molecule is CCNC(CCCC(F)(F)F)C(C)(C)N1CCCC1. The zero-order valence-electron chi connectivity index (χ0n) is 12.3. The van der Waals surface area contributed by atoms with E-state index in [0.717, 1.165) is 19.6 Å². The summed E-state index contributed by atoms with van der Waals surface area (Å²) in [7, 11) is 0. The standard InChI is InChI=1S/C14H27F3N2/c1-4-18-12(8-7-9-14(15,16)17)13(2,3)19-10-5-6-11-19/h12,18H,4-11H2,1-3H3. The van der Waals surface area contributed by atoms with Crippen molar-refractivity contribution in [3.63, 3.8) is 0 Å². The van der Waals surface area contributed by atoms with Crippen LogP contribution in [0.2, 0.25) is 0 Å². The minimum atomic E-state index is -4.03. The van der Waals surface area contributed by atoms with Gasteiger partial charge in [0, 0.05) is 18.0 Å². The van der Waals surface area contributed by atoms with E-state index >= 15 is 0 Å². The van der Waals surface area contributed by atoms with E-state index in [2.05, 4.69) is 24.1 Å². The van der Waals surface area contributed by atoms with Gasteiger partial charge in [-0.15, -0.1) is 0 Å². The highest BCUT2D eigenvalue weighted by Gasteiger charge is 2.36. The molecule has 1 saturated heterocycles. The van der Waals surface area contributed by atoms with Crippen LogP contribution in [-0.4, -0.2) is 42.3 Å². The second kappa shape index (κ2) is 6.93. The fourth-order valence-corrected chi connectivity index (χ4v) is 2.97. The van der Waals surface area contributed by atoms with Crippen LogP contribution in [0, 0.1) is 0 Å². The third-order valence-corrected chi connectivity index (χ3v) is 4.18. The lowest BCUT2D eigenvalue weighted by molar-refractivity contribution is -0.136. The highest BCUT2D eigenvalue weighted by molar-refractivity contribution is 4.95. The number of halogens is 3. The van der Waals surface area contributed by atoms with Gasteiger partial charge in [-0.2, -0.15) is 13.2 Å². The molecule has 1 unspecified atom stereocenters. The summed E-state index contributed by atoms with van der Waals surface area (Å²) in [5, 5.41) is 3.38. The van der Waals surface area contributed by atoms with Crippen LogP contribution in [0.1, 0.15) is 52.9 Å². The third-order valence-electron chi connectivity index (χ3n) is 4.18. The number of nitrogens with one attached hydrogen (secondary N) is 1. The molecular weight excluding hydrogens is 253 g/mol. The van der Waals surface area contributed by atoms with E-state index in [4.69, 9.17) is 0 Å². The lowest BCUT2D eigenvalue weighted by Crippen LogP contribution is -2.56. The summed E-state index contributed by atoms with van der Waals surface area (Å²) in [5.41, 5.74) is -0.0713. The van der Waals surface area contributed by atoms with Crippen LogP contribution >= 0.6 is 0 Å². The van der Waals surface area contributed by atoms with Crippen molar-refractivity contribution in [2.24, 2.45) is 0 Å². The quantitative estimate of drug-likeness (QED) is 0.767. The number of nitrogens with zero attached hydrogens (tertiary/aromatic N) is 1. The van der Waals surface area contributed by atoms with Crippen LogP contribution in [0.25, 0.3) is 0 Å². The van der Waals surface area contributed by atoms with E-state index in [1.807, 2.05) is 6.92 Å². The summed E-state index contributed by atoms with van der Waals surface area (Å²) in [6.45, 7) is 9.24. The van der Waals surface area contributed by atoms with Gasteiger partial charge in [0.2, 0.25) is 0 Å². The first-order chi connectivity index (χ1) is 8.77. The van der Waals surface area contributed by atoms with Crippen molar-refractivity contribution in [3.8, 4) is 0 Å². The van der Waals surface area contributed by atoms with Gasteiger partial charge in [0.1, 0.15) is 0 Å². The van der Waals surface area contributed by atoms with Crippen molar-refractivity contribution in [1.29, 1.82) is 0 Å². The molecule has 2 nitrogen and oxygen atoms in total. The zero-order valence-corrected chi connectivity index (χ0v) is 12.3. The second-order valence-electron chi connectivity index (χ2n) is 5.97. The van der Waals surface area contributed by atoms with Gasteiger partial charge in [-0.25, -0.2) is 0 Å². The minimum absolute atomic E-state index is 0.0713. The molecule has 1 aliphatic heterocycles. The summed E-state index contributed by atoms with van der Waals surface area (Å²) >= 11 is 0. The van der Waals surface area contributed by atoms with Crippen LogP contribution in [0.3, 0.4) is 0 Å². The molecule has 1 rings (SSSR count). The monoisotopic (exact) mass is 280 g/mol. The van der Waals surface area contributed by atoms with Crippen molar-refractivity contribution in [3.05, 3.63) is 0 Å². The number of likely N-dealkylation sites (tertiary alicyclic amines) is 1. The number of alkyl halides is 3. The van der Waals surface area contributed by atoms with Gasteiger partial charge >= 0.3 is 6.18 Å². The molecule has 1 heterocycles. The smallest absolute Gasteiger partial charge is 0.312 e. The Hall–Kier alpha value is -0.290. The Labute approximate surface area is 114 Å². The molecule has 0 spiro atoms. The maximum absolute atomic E-state index is 12.3. The lowest BCUT2D eigenvalue weighted by Gasteiger charge is -2.42. The molecule has 1 aliphatic rings. The first-order valence-electron chi connectivity index (χ1n) is 7.32. The third kappa shape index (κ3) is 5.30. The summed E-state index contributed by atoms with van der Waals surface area (Å²) in [6, 6.07) is 0.123. The molecular formula is C14H27F3N2. The fraction of sp³-hybridized carbons (Fsp3) is 1.00. The van der Waals surface area contributed by atoms with Gasteiger partial charge in [-0.3, -0.25) is 4.90 Å². The molecule has 0 radical (unpaired) electrons. The Balaban J connectivity index is 2.54. The summed E-state index contributed by atoms with van der Waals surface area (Å²) < 4.78 is 36.8. The van der Waals surface area contributed by atoms with Crippen LogP contribution < -0.4 is 5.32 Å². The minimum Gasteiger partial charge on any atom is -0.312 e. The molecule has 19 heavy (non-hydrogen) atoms. The number of hydrogen-bond acceptors (Lipinski definition) is 2. The molecule has 0 aromatic rings. The van der Waals surface area contributed by atoms with Gasteiger partial charge < -0.3 is 5.32 Å². The molecule has 0 bridgehead atoms. The number of hydrogen-bond donors (Lipinski definition) is 1. The van der Waals surface area contributed by atoms with Crippen molar-refractivity contribution in [1.82, 2.24) is 10.2 Å². The molecule has 1 fully saturated rings. The first-order valence-corrected chi connectivity index (χ1v) is 7.32. The van der Waals surface area contributed by atoms with E-state index in [-0.39, 0.29) is 18.0 Å². The molecule has 1 N–H and O–H groups in total. The molecule has 114 valence electrons. The Morgan fingerprint density at radius 3 is 2.21 bits per heavy atom. The van der Waals surface area contributed by atoms with E-state index in [9.17, 15) is 13.2 Å². The predicted molar refractivity (Wildman–Crippen MR) is 72.3 cm³/mol. The van der Waals surface area contributed by atoms with Crippen molar-refractivity contribution >= 4 is 0 Å². The van der Waals surface area contributed by atoms with Gasteiger partial charge in [-0.05, 0) is 59.2 Å². The molecule has 0 amide bonds. The fourth-order valence-electron chi connectivity index (χ4n) is 2.97. The summed E-state index contributed by atoms with van der Waals surface area (Å²) in [5.74, 6) is 0. The van der Waals surface area contributed by atoms with Gasteiger partial charge in [0.25, 0.3) is 0 Å². The average Bonchev–Trinajstić information content (AvgIpc) is 2.80. The Kier molecular flexibility index (Phi) is 6.12. The van der Waals surface area contributed by atoms with Crippen molar-refractivity contribution in [2.45, 2.75) is 70.6 Å². The molecule has 0 saturated carbocycles.